The summed E-state index contributed by atoms with van der Waals surface area (Å²) in [5.74, 6) is 0.0906. The summed E-state index contributed by atoms with van der Waals surface area (Å²) in [6, 6.07) is 5.84. The van der Waals surface area contributed by atoms with Gasteiger partial charge in [0.15, 0.2) is 0 Å². The Morgan fingerprint density at radius 1 is 1.33 bits per heavy atom. The third kappa shape index (κ3) is 6.49. The Morgan fingerprint density at radius 2 is 2.10 bits per heavy atom. The first-order valence-electron chi connectivity index (χ1n) is 7.45. The summed E-state index contributed by atoms with van der Waals surface area (Å²) in [5.41, 5.74) is 0.632. The molecule has 5 nitrogen and oxygen atoms in total. The normalized spacial score (nSPS) is 13.5. The Balaban J connectivity index is 2.49. The first kappa shape index (κ1) is 17.3. The van der Waals surface area contributed by atoms with Gasteiger partial charge < -0.3 is 20.3 Å². The molecule has 1 rings (SSSR count). The summed E-state index contributed by atoms with van der Waals surface area (Å²) in [6.45, 7) is 4.07. The van der Waals surface area contributed by atoms with Gasteiger partial charge in [0.1, 0.15) is 5.75 Å². The van der Waals surface area contributed by atoms with Crippen molar-refractivity contribution in [2.24, 2.45) is 0 Å². The number of phenols is 1. The van der Waals surface area contributed by atoms with Gasteiger partial charge in [-0.25, -0.2) is 4.79 Å². The van der Waals surface area contributed by atoms with Crippen LogP contribution < -0.4 is 5.32 Å². The molecule has 0 saturated heterocycles. The lowest BCUT2D eigenvalue weighted by atomic mass is 10.0. The molecule has 21 heavy (non-hydrogen) atoms. The minimum Gasteiger partial charge on any atom is -0.508 e. The number of carbonyl (C=O) groups excluding carboxylic acids is 1. The number of ether oxygens (including phenoxy) is 1. The van der Waals surface area contributed by atoms with Crippen molar-refractivity contribution < 1.29 is 19.7 Å². The molecule has 118 valence electrons. The Kier molecular flexibility index (Phi) is 7.61. The van der Waals surface area contributed by atoms with Crippen LogP contribution in [0.15, 0.2) is 24.3 Å². The van der Waals surface area contributed by atoms with Crippen LogP contribution in [0.3, 0.4) is 0 Å². The van der Waals surface area contributed by atoms with Gasteiger partial charge in [0.25, 0.3) is 0 Å². The van der Waals surface area contributed by atoms with E-state index in [9.17, 15) is 15.0 Å². The van der Waals surface area contributed by atoms with Gasteiger partial charge >= 0.3 is 6.09 Å². The van der Waals surface area contributed by atoms with Crippen molar-refractivity contribution in [3.63, 3.8) is 0 Å². The number of amides is 1. The van der Waals surface area contributed by atoms with Crippen LogP contribution in [0.1, 0.15) is 51.1 Å². The highest BCUT2D eigenvalue weighted by atomic mass is 16.5. The fraction of sp³-hybridized carbons (Fsp3) is 0.562. The first-order valence-corrected chi connectivity index (χ1v) is 7.45. The molecule has 1 aromatic rings. The molecule has 1 aromatic carbocycles. The van der Waals surface area contributed by atoms with Crippen LogP contribution in [0, 0.1) is 0 Å². The van der Waals surface area contributed by atoms with Crippen molar-refractivity contribution >= 4 is 6.09 Å². The highest BCUT2D eigenvalue weighted by molar-refractivity contribution is 5.68. The van der Waals surface area contributed by atoms with Gasteiger partial charge in [-0.3, -0.25) is 0 Å². The van der Waals surface area contributed by atoms with Crippen molar-refractivity contribution in [1.82, 2.24) is 5.32 Å². The second-order valence-electron chi connectivity index (χ2n) is 5.15. The van der Waals surface area contributed by atoms with E-state index in [0.717, 1.165) is 25.7 Å². The number of rotatable bonds is 8. The number of phenolic OH excluding ortho intramolecular Hbond substituents is 1. The quantitative estimate of drug-likeness (QED) is 0.644. The lowest BCUT2D eigenvalue weighted by molar-refractivity contribution is 0.112. The smallest absolute Gasteiger partial charge is 0.407 e. The maximum absolute atomic E-state index is 11.7. The van der Waals surface area contributed by atoms with Gasteiger partial charge in [-0.15, -0.1) is 0 Å². The predicted molar refractivity (Wildman–Crippen MR) is 81.2 cm³/mol. The third-order valence-electron chi connectivity index (χ3n) is 3.22. The van der Waals surface area contributed by atoms with Crippen molar-refractivity contribution in [2.45, 2.75) is 51.7 Å². The van der Waals surface area contributed by atoms with Crippen molar-refractivity contribution in [1.29, 1.82) is 0 Å². The Bertz CT molecular complexity index is 434. The maximum Gasteiger partial charge on any atom is 0.407 e. The number of aromatic hydroxyl groups is 1. The highest BCUT2D eigenvalue weighted by Crippen LogP contribution is 2.21. The number of aliphatic hydroxyl groups excluding tert-OH is 1. The molecule has 0 spiro atoms. The molecule has 0 aliphatic rings. The molecule has 0 aliphatic carbocycles. The lowest BCUT2D eigenvalue weighted by Gasteiger charge is -2.21. The van der Waals surface area contributed by atoms with Crippen LogP contribution in [0.2, 0.25) is 0 Å². The van der Waals surface area contributed by atoms with Crippen LogP contribution in [0.25, 0.3) is 0 Å². The third-order valence-corrected chi connectivity index (χ3v) is 3.22. The largest absolute Gasteiger partial charge is 0.508 e. The van der Waals surface area contributed by atoms with E-state index in [0.29, 0.717) is 12.2 Å². The van der Waals surface area contributed by atoms with Gasteiger partial charge in [-0.2, -0.15) is 0 Å². The van der Waals surface area contributed by atoms with Gasteiger partial charge in [0.05, 0.1) is 18.8 Å². The van der Waals surface area contributed by atoms with Gasteiger partial charge in [-0.05, 0) is 31.0 Å². The van der Waals surface area contributed by atoms with E-state index in [1.165, 1.54) is 12.1 Å². The molecular weight excluding hydrogens is 270 g/mol. The van der Waals surface area contributed by atoms with E-state index in [-0.39, 0.29) is 5.75 Å². The summed E-state index contributed by atoms with van der Waals surface area (Å²) in [4.78, 5) is 11.7. The Hall–Kier alpha value is -1.75. The summed E-state index contributed by atoms with van der Waals surface area (Å²) in [7, 11) is 0. The molecule has 3 N–H and O–H groups in total. The zero-order valence-corrected chi connectivity index (χ0v) is 12.7. The number of nitrogens with one attached hydrogen (secondary N) is 1. The van der Waals surface area contributed by atoms with Crippen molar-refractivity contribution in [3.05, 3.63) is 29.8 Å². The van der Waals surface area contributed by atoms with Crippen LogP contribution in [0.5, 0.6) is 5.75 Å². The summed E-state index contributed by atoms with van der Waals surface area (Å²) >= 11 is 0. The van der Waals surface area contributed by atoms with Crippen LogP contribution in [-0.2, 0) is 4.74 Å². The lowest BCUT2D eigenvalue weighted by Crippen LogP contribution is -2.35. The number of hydrogen-bond donors (Lipinski definition) is 3. The molecule has 0 radical (unpaired) electrons. The monoisotopic (exact) mass is 295 g/mol. The number of benzene rings is 1. The zero-order chi connectivity index (χ0) is 15.7. The van der Waals surface area contributed by atoms with Crippen molar-refractivity contribution in [2.75, 3.05) is 6.61 Å². The minimum atomic E-state index is -0.792. The zero-order valence-electron chi connectivity index (χ0n) is 12.7. The first-order chi connectivity index (χ1) is 10.0. The number of unbranched alkanes of at least 4 members (excludes halogenated alkanes) is 3. The molecule has 0 unspecified atom stereocenters. The summed E-state index contributed by atoms with van der Waals surface area (Å²) in [6.07, 6.45) is 2.79. The molecular formula is C16H25NO4. The van der Waals surface area contributed by atoms with Gasteiger partial charge in [0, 0.05) is 0 Å². The van der Waals surface area contributed by atoms with Gasteiger partial charge in [-0.1, -0.05) is 38.3 Å². The molecule has 0 aromatic heterocycles. The number of aliphatic hydroxyl groups is 1. The fourth-order valence-electron chi connectivity index (χ4n) is 2.06. The SMILES string of the molecule is CCCCCCOC(=O)N[C@H](c1cccc(O)c1)[C@H](C)O. The predicted octanol–water partition coefficient (Wildman–Crippen LogP) is 3.12. The van der Waals surface area contributed by atoms with Crippen LogP contribution >= 0.6 is 0 Å². The second-order valence-corrected chi connectivity index (χ2v) is 5.15. The molecule has 1 amide bonds. The molecule has 0 bridgehead atoms. The number of hydrogen-bond acceptors (Lipinski definition) is 4. The topological polar surface area (TPSA) is 78.8 Å². The van der Waals surface area contributed by atoms with Crippen molar-refractivity contribution in [3.8, 4) is 5.75 Å². The fourth-order valence-corrected chi connectivity index (χ4v) is 2.06. The molecule has 0 saturated carbocycles. The van der Waals surface area contributed by atoms with Crippen LogP contribution in [-0.4, -0.2) is 29.0 Å². The summed E-state index contributed by atoms with van der Waals surface area (Å²) in [5, 5.41) is 21.9. The van der Waals surface area contributed by atoms with Crippen LogP contribution in [0.4, 0.5) is 4.79 Å². The molecule has 5 heteroatoms. The molecule has 2 atom stereocenters. The van der Waals surface area contributed by atoms with E-state index in [4.69, 9.17) is 4.74 Å². The maximum atomic E-state index is 11.7. The molecule has 0 heterocycles. The minimum absolute atomic E-state index is 0.0906. The van der Waals surface area contributed by atoms with E-state index < -0.39 is 18.2 Å². The molecule has 0 aliphatic heterocycles. The standard InChI is InChI=1S/C16H25NO4/c1-3-4-5-6-10-21-16(20)17-15(12(2)18)13-8-7-9-14(19)11-13/h7-9,11-12,15,18-19H,3-6,10H2,1-2H3,(H,17,20)/t12-,15-/m0/s1. The number of alkyl carbamates (subject to hydrolysis) is 1. The van der Waals surface area contributed by atoms with E-state index in [1.807, 2.05) is 0 Å². The average Bonchev–Trinajstić information content (AvgIpc) is 2.44. The van der Waals surface area contributed by atoms with E-state index >= 15 is 0 Å². The second kappa shape index (κ2) is 9.23. The Morgan fingerprint density at radius 3 is 2.71 bits per heavy atom. The average molecular weight is 295 g/mol. The van der Waals surface area contributed by atoms with E-state index in [2.05, 4.69) is 12.2 Å². The molecule has 0 fully saturated rings. The number of carbonyl (C=O) groups is 1. The summed E-state index contributed by atoms with van der Waals surface area (Å²) < 4.78 is 5.10. The Labute approximate surface area is 125 Å². The highest BCUT2D eigenvalue weighted by Gasteiger charge is 2.20. The van der Waals surface area contributed by atoms with E-state index in [1.54, 1.807) is 19.1 Å². The van der Waals surface area contributed by atoms with Gasteiger partial charge in [0.2, 0.25) is 0 Å².